The van der Waals surface area contributed by atoms with Crippen LogP contribution in [0.2, 0.25) is 0 Å². The molecule has 182 valence electrons. The van der Waals surface area contributed by atoms with Gasteiger partial charge in [0.2, 0.25) is 0 Å². The van der Waals surface area contributed by atoms with Crippen molar-refractivity contribution in [1.82, 2.24) is 4.90 Å². The minimum atomic E-state index is -0.750. The van der Waals surface area contributed by atoms with Gasteiger partial charge < -0.3 is 24.2 Å². The normalized spacial score (nSPS) is 17.7. The molecule has 34 heavy (non-hydrogen) atoms. The Morgan fingerprint density at radius 3 is 2.12 bits per heavy atom. The quantitative estimate of drug-likeness (QED) is 0.356. The third-order valence-electron chi connectivity index (χ3n) is 6.01. The molecular formula is C27H33NO6. The number of likely N-dealkylation sites (tertiary alicyclic amines) is 1. The number of methoxy groups -OCH3 is 3. The fraction of sp³-hybridized carbons (Fsp3) is 0.407. The number of Topliss-reactive ketones (excluding diaryl/α,β-unsaturated/α-hetero) is 1. The first-order valence-electron chi connectivity index (χ1n) is 11.3. The van der Waals surface area contributed by atoms with Crippen molar-refractivity contribution in [2.24, 2.45) is 0 Å². The van der Waals surface area contributed by atoms with E-state index in [0.29, 0.717) is 41.3 Å². The van der Waals surface area contributed by atoms with E-state index in [1.54, 1.807) is 37.4 Å². The van der Waals surface area contributed by atoms with Gasteiger partial charge in [-0.2, -0.15) is 0 Å². The Morgan fingerprint density at radius 2 is 1.56 bits per heavy atom. The van der Waals surface area contributed by atoms with Crippen LogP contribution in [0.15, 0.2) is 42.0 Å². The molecule has 2 aromatic rings. The van der Waals surface area contributed by atoms with Gasteiger partial charge in [0.25, 0.3) is 11.7 Å². The average molecular weight is 468 g/mol. The van der Waals surface area contributed by atoms with Crippen LogP contribution >= 0.6 is 0 Å². The van der Waals surface area contributed by atoms with E-state index in [0.717, 1.165) is 5.56 Å². The molecule has 1 fully saturated rings. The third-order valence-corrected chi connectivity index (χ3v) is 6.01. The standard InChI is InChI=1S/C27H33NO6/c1-8-13-28-23(16-9-12-20(33-6)21(15-16)34-7)22(25(30)26(28)31)24(29)17-10-11-19(32-5)18(14-17)27(2,3)4/h9-12,14-15,23,29H,8,13H2,1-7H3/b24-22+. The molecule has 1 unspecified atom stereocenters. The molecule has 0 saturated carbocycles. The summed E-state index contributed by atoms with van der Waals surface area (Å²) >= 11 is 0. The first-order valence-corrected chi connectivity index (χ1v) is 11.3. The lowest BCUT2D eigenvalue weighted by Crippen LogP contribution is -2.30. The molecule has 0 spiro atoms. The second kappa shape index (κ2) is 9.79. The summed E-state index contributed by atoms with van der Waals surface area (Å²) in [6.45, 7) is 8.43. The maximum atomic E-state index is 13.2. The van der Waals surface area contributed by atoms with E-state index >= 15 is 0 Å². The highest BCUT2D eigenvalue weighted by Crippen LogP contribution is 2.43. The number of amides is 1. The maximum Gasteiger partial charge on any atom is 0.295 e. The summed E-state index contributed by atoms with van der Waals surface area (Å²) in [6.07, 6.45) is 0.660. The summed E-state index contributed by atoms with van der Waals surface area (Å²) in [6, 6.07) is 9.77. The van der Waals surface area contributed by atoms with Crippen LogP contribution in [0.25, 0.3) is 5.76 Å². The Hall–Kier alpha value is -3.48. The van der Waals surface area contributed by atoms with E-state index in [1.807, 2.05) is 33.8 Å². The zero-order valence-electron chi connectivity index (χ0n) is 20.9. The molecule has 1 amide bonds. The summed E-state index contributed by atoms with van der Waals surface area (Å²) in [5.74, 6) is 0.133. The number of hydrogen-bond acceptors (Lipinski definition) is 6. The number of carbonyl (C=O) groups is 2. The van der Waals surface area contributed by atoms with Gasteiger partial charge >= 0.3 is 0 Å². The van der Waals surface area contributed by atoms with Crippen molar-refractivity contribution >= 4 is 17.4 Å². The molecule has 1 N–H and O–H groups in total. The Balaban J connectivity index is 2.25. The van der Waals surface area contributed by atoms with Gasteiger partial charge in [-0.05, 0) is 47.7 Å². The fourth-order valence-electron chi connectivity index (χ4n) is 4.32. The van der Waals surface area contributed by atoms with Gasteiger partial charge in [0.1, 0.15) is 11.5 Å². The molecule has 0 aromatic heterocycles. The highest BCUT2D eigenvalue weighted by Gasteiger charge is 2.46. The molecule has 1 atom stereocenters. The first kappa shape index (κ1) is 25.1. The van der Waals surface area contributed by atoms with E-state index in [4.69, 9.17) is 14.2 Å². The van der Waals surface area contributed by atoms with Crippen LogP contribution in [-0.2, 0) is 15.0 Å². The zero-order valence-corrected chi connectivity index (χ0v) is 20.9. The summed E-state index contributed by atoms with van der Waals surface area (Å²) in [7, 11) is 4.66. The summed E-state index contributed by atoms with van der Waals surface area (Å²) in [5, 5.41) is 11.4. The summed E-state index contributed by atoms with van der Waals surface area (Å²) in [4.78, 5) is 27.7. The number of ketones is 1. The first-order chi connectivity index (χ1) is 16.1. The molecule has 1 aliphatic heterocycles. The van der Waals surface area contributed by atoms with E-state index in [9.17, 15) is 14.7 Å². The Labute approximate surface area is 200 Å². The van der Waals surface area contributed by atoms with Gasteiger partial charge in [-0.25, -0.2) is 0 Å². The van der Waals surface area contributed by atoms with Crippen LogP contribution in [0.3, 0.4) is 0 Å². The molecule has 7 heteroatoms. The molecular weight excluding hydrogens is 434 g/mol. The van der Waals surface area contributed by atoms with Crippen molar-refractivity contribution in [3.63, 3.8) is 0 Å². The molecule has 1 heterocycles. The van der Waals surface area contributed by atoms with Crippen LogP contribution in [0.1, 0.15) is 56.8 Å². The molecule has 1 saturated heterocycles. The molecule has 7 nitrogen and oxygen atoms in total. The number of carbonyl (C=O) groups excluding carboxylic acids is 2. The zero-order chi connectivity index (χ0) is 25.2. The van der Waals surface area contributed by atoms with Crippen molar-refractivity contribution < 1.29 is 28.9 Å². The number of nitrogens with zero attached hydrogens (tertiary/aromatic N) is 1. The largest absolute Gasteiger partial charge is 0.507 e. The van der Waals surface area contributed by atoms with Crippen molar-refractivity contribution in [3.05, 3.63) is 58.7 Å². The van der Waals surface area contributed by atoms with Crippen molar-refractivity contribution in [2.75, 3.05) is 27.9 Å². The Kier molecular flexibility index (Phi) is 7.24. The van der Waals surface area contributed by atoms with Crippen LogP contribution in [0.4, 0.5) is 0 Å². The van der Waals surface area contributed by atoms with Crippen molar-refractivity contribution in [1.29, 1.82) is 0 Å². The number of ether oxygens (including phenoxy) is 3. The van der Waals surface area contributed by atoms with E-state index in [-0.39, 0.29) is 16.7 Å². The molecule has 1 aliphatic rings. The van der Waals surface area contributed by atoms with Gasteiger partial charge in [0.05, 0.1) is 32.9 Å². The lowest BCUT2D eigenvalue weighted by atomic mass is 9.84. The van der Waals surface area contributed by atoms with Gasteiger partial charge in [0.15, 0.2) is 11.5 Å². The second-order valence-corrected chi connectivity index (χ2v) is 9.27. The lowest BCUT2D eigenvalue weighted by Gasteiger charge is -2.26. The van der Waals surface area contributed by atoms with E-state index in [1.165, 1.54) is 19.1 Å². The van der Waals surface area contributed by atoms with Crippen LogP contribution in [0.5, 0.6) is 17.2 Å². The second-order valence-electron chi connectivity index (χ2n) is 9.27. The topological polar surface area (TPSA) is 85.3 Å². The highest BCUT2D eigenvalue weighted by molar-refractivity contribution is 6.46. The summed E-state index contributed by atoms with van der Waals surface area (Å²) < 4.78 is 16.3. The van der Waals surface area contributed by atoms with Gasteiger partial charge in [-0.15, -0.1) is 0 Å². The van der Waals surface area contributed by atoms with Crippen LogP contribution in [0, 0.1) is 0 Å². The molecule has 3 rings (SSSR count). The maximum absolute atomic E-state index is 13.2. The summed E-state index contributed by atoms with van der Waals surface area (Å²) in [5.41, 5.74) is 1.76. The minimum absolute atomic E-state index is 0.0516. The fourth-order valence-corrected chi connectivity index (χ4v) is 4.32. The minimum Gasteiger partial charge on any atom is -0.507 e. The number of aliphatic hydroxyl groups is 1. The Bertz CT molecular complexity index is 1130. The third kappa shape index (κ3) is 4.47. The molecule has 0 bridgehead atoms. The number of rotatable bonds is 7. The monoisotopic (exact) mass is 467 g/mol. The average Bonchev–Trinajstić information content (AvgIpc) is 3.07. The molecule has 2 aromatic carbocycles. The number of benzene rings is 2. The van der Waals surface area contributed by atoms with Crippen molar-refractivity contribution in [3.8, 4) is 17.2 Å². The number of hydrogen-bond donors (Lipinski definition) is 1. The Morgan fingerprint density at radius 1 is 0.941 bits per heavy atom. The van der Waals surface area contributed by atoms with Gasteiger partial charge in [0, 0.05) is 17.7 Å². The van der Waals surface area contributed by atoms with Crippen LogP contribution < -0.4 is 14.2 Å². The van der Waals surface area contributed by atoms with Crippen LogP contribution in [-0.4, -0.2) is 49.6 Å². The number of aliphatic hydroxyl groups excluding tert-OH is 1. The van der Waals surface area contributed by atoms with Gasteiger partial charge in [-0.3, -0.25) is 9.59 Å². The smallest absolute Gasteiger partial charge is 0.295 e. The van der Waals surface area contributed by atoms with Crippen molar-refractivity contribution in [2.45, 2.75) is 45.6 Å². The van der Waals surface area contributed by atoms with E-state index < -0.39 is 17.7 Å². The van der Waals surface area contributed by atoms with Gasteiger partial charge in [-0.1, -0.05) is 33.8 Å². The molecule has 0 radical (unpaired) electrons. The molecule has 0 aliphatic carbocycles. The predicted octanol–water partition coefficient (Wildman–Crippen LogP) is 4.84. The predicted molar refractivity (Wildman–Crippen MR) is 131 cm³/mol. The van der Waals surface area contributed by atoms with E-state index in [2.05, 4.69) is 0 Å². The highest BCUT2D eigenvalue weighted by atomic mass is 16.5. The SMILES string of the molecule is CCCN1C(=O)C(=O)/C(=C(/O)c2ccc(OC)c(C(C)(C)C)c2)C1c1ccc(OC)c(OC)c1. The lowest BCUT2D eigenvalue weighted by molar-refractivity contribution is -0.139.